The number of phenolic OH excluding ortho intramolecular Hbond substituents is 1. The van der Waals surface area contributed by atoms with E-state index in [0.29, 0.717) is 11.1 Å². The highest BCUT2D eigenvalue weighted by atomic mass is 33.1. The zero-order valence-electron chi connectivity index (χ0n) is 41.5. The topological polar surface area (TPSA) is 375 Å². The molecule has 2 heterocycles. The average Bonchev–Trinajstić information content (AvgIpc) is 3.76. The first kappa shape index (κ1) is 58.2. The Bertz CT molecular complexity index is 2600. The minimum Gasteiger partial charge on any atom is -0.508 e. The first-order valence-electron chi connectivity index (χ1n) is 24.0. The molecule has 0 spiro atoms. The van der Waals surface area contributed by atoms with E-state index >= 15 is 0 Å². The number of nitrogens with one attached hydrogen (secondary N) is 8. The quantitative estimate of drug-likeness (QED) is 0.0585. The Kier molecular flexibility index (Phi) is 21.2. The van der Waals surface area contributed by atoms with Gasteiger partial charge in [0.25, 0.3) is 0 Å². The van der Waals surface area contributed by atoms with Gasteiger partial charge in [-0.25, -0.2) is 0 Å². The molecule has 17 N–H and O–H groups in total. The van der Waals surface area contributed by atoms with E-state index in [0.717, 1.165) is 38.1 Å². The van der Waals surface area contributed by atoms with Crippen LogP contribution < -0.4 is 54.4 Å². The molecule has 400 valence electrons. The number of primary amides is 1. The molecule has 1 aliphatic rings. The minimum absolute atomic E-state index is 0.0658. The van der Waals surface area contributed by atoms with Gasteiger partial charge in [0.05, 0.1) is 18.2 Å². The predicted octanol–water partition coefficient (Wildman–Crippen LogP) is -1.22. The van der Waals surface area contributed by atoms with Crippen molar-refractivity contribution in [3.05, 3.63) is 102 Å². The molecule has 1 aromatic heterocycles. The fraction of sp³-hybridized carbons (Fsp3) is 0.440. The fourth-order valence-electron chi connectivity index (χ4n) is 8.05. The lowest BCUT2D eigenvalue weighted by Gasteiger charge is -2.36. The number of carbonyl (C=O) groups excluding carboxylic acids is 8. The van der Waals surface area contributed by atoms with Crippen LogP contribution in [-0.2, 0) is 57.6 Å². The molecule has 74 heavy (non-hydrogen) atoms. The van der Waals surface area contributed by atoms with Crippen LogP contribution in [0.4, 0.5) is 0 Å². The van der Waals surface area contributed by atoms with Crippen molar-refractivity contribution in [3.8, 4) is 5.75 Å². The summed E-state index contributed by atoms with van der Waals surface area (Å²) in [5.74, 6) is -7.70. The van der Waals surface area contributed by atoms with Crippen LogP contribution in [-0.4, -0.2) is 145 Å². The van der Waals surface area contributed by atoms with Crippen molar-refractivity contribution < 1.29 is 53.7 Å². The average molecular weight is 1060 g/mol. The molecule has 5 rings (SSSR count). The monoisotopic (exact) mass is 1060 g/mol. The first-order valence-corrected chi connectivity index (χ1v) is 26.3. The molecule has 24 heteroatoms. The lowest BCUT2D eigenvalue weighted by atomic mass is 9.99. The number of H-pyrrole nitrogens is 1. The summed E-state index contributed by atoms with van der Waals surface area (Å²) in [6.45, 7) is 5.57. The van der Waals surface area contributed by atoms with Gasteiger partial charge in [-0.3, -0.25) is 38.4 Å². The summed E-state index contributed by atoms with van der Waals surface area (Å²) in [7, 11) is 1.94. The van der Waals surface area contributed by atoms with Gasteiger partial charge in [-0.2, -0.15) is 0 Å². The van der Waals surface area contributed by atoms with E-state index in [-0.39, 0.29) is 50.2 Å². The lowest BCUT2D eigenvalue weighted by Crippen LogP contribution is -2.65. The van der Waals surface area contributed by atoms with Crippen molar-refractivity contribution in [2.45, 2.75) is 125 Å². The number of hydrogen-bond acceptors (Lipinski definition) is 15. The molecule has 4 aromatic rings. The van der Waals surface area contributed by atoms with Crippen LogP contribution in [0, 0.1) is 0 Å². The third-order valence-corrected chi connectivity index (χ3v) is 15.5. The number of para-hydroxylation sites is 1. The zero-order valence-corrected chi connectivity index (χ0v) is 43.1. The van der Waals surface area contributed by atoms with Crippen LogP contribution in [0.5, 0.6) is 5.75 Å². The van der Waals surface area contributed by atoms with Gasteiger partial charge in [0.2, 0.25) is 47.3 Å². The maximum absolute atomic E-state index is 14.8. The molecule has 22 nitrogen and oxygen atoms in total. The van der Waals surface area contributed by atoms with Gasteiger partial charge in [-0.05, 0) is 88.4 Å². The van der Waals surface area contributed by atoms with Gasteiger partial charge in [0, 0.05) is 40.4 Å². The summed E-state index contributed by atoms with van der Waals surface area (Å²) in [6.07, 6.45) is -1.53. The fourth-order valence-corrected chi connectivity index (χ4v) is 10.9. The number of aliphatic hydroxyl groups excluding tert-OH is 2. The van der Waals surface area contributed by atoms with E-state index < -0.39 is 113 Å². The highest BCUT2D eigenvalue weighted by molar-refractivity contribution is 8.77. The van der Waals surface area contributed by atoms with Crippen molar-refractivity contribution in [2.24, 2.45) is 17.2 Å². The van der Waals surface area contributed by atoms with E-state index in [1.807, 2.05) is 18.2 Å². The normalized spacial score (nSPS) is 23.1. The van der Waals surface area contributed by atoms with Crippen LogP contribution in [0.1, 0.15) is 57.2 Å². The molecule has 1 saturated heterocycles. The summed E-state index contributed by atoms with van der Waals surface area (Å²) < 4.78 is -1.42. The minimum atomic E-state index is -1.76. The molecule has 6 unspecified atom stereocenters. The van der Waals surface area contributed by atoms with E-state index in [2.05, 4.69) is 42.2 Å². The number of phenols is 1. The summed E-state index contributed by atoms with van der Waals surface area (Å²) in [5, 5.41) is 50.5. The van der Waals surface area contributed by atoms with Crippen molar-refractivity contribution in [3.63, 3.8) is 0 Å². The van der Waals surface area contributed by atoms with Crippen LogP contribution in [0.25, 0.3) is 10.9 Å². The Labute approximate surface area is 436 Å². The molecule has 0 saturated carbocycles. The van der Waals surface area contributed by atoms with Gasteiger partial charge in [-0.1, -0.05) is 82.3 Å². The number of hydrogen-bond donors (Lipinski definition) is 14. The number of carbonyl (C=O) groups is 8. The van der Waals surface area contributed by atoms with Crippen molar-refractivity contribution in [1.82, 2.24) is 42.2 Å². The summed E-state index contributed by atoms with van der Waals surface area (Å²) in [5.41, 5.74) is 20.3. The lowest BCUT2D eigenvalue weighted by molar-refractivity contribution is -0.137. The van der Waals surface area contributed by atoms with Crippen molar-refractivity contribution in [1.29, 1.82) is 0 Å². The number of aromatic amines is 1. The largest absolute Gasteiger partial charge is 0.508 e. The second-order valence-electron chi connectivity index (χ2n) is 18.7. The van der Waals surface area contributed by atoms with Gasteiger partial charge >= 0.3 is 0 Å². The summed E-state index contributed by atoms with van der Waals surface area (Å²) in [6, 6.07) is 10.1. The molecular weight excluding hydrogens is 995 g/mol. The maximum Gasteiger partial charge on any atom is 0.245 e. The number of benzene rings is 3. The van der Waals surface area contributed by atoms with Crippen molar-refractivity contribution >= 4 is 79.7 Å². The molecule has 0 radical (unpaired) electrons. The van der Waals surface area contributed by atoms with Crippen LogP contribution in [0.3, 0.4) is 0 Å². The van der Waals surface area contributed by atoms with Gasteiger partial charge in [0.1, 0.15) is 48.0 Å². The molecule has 8 amide bonds. The second-order valence-corrected chi connectivity index (χ2v) is 21.7. The molecule has 3 aromatic carbocycles. The third-order valence-electron chi connectivity index (χ3n) is 12.2. The molecule has 1 fully saturated rings. The number of fused-ring (bicyclic) bond motifs is 1. The van der Waals surface area contributed by atoms with E-state index in [1.165, 1.54) is 52.0 Å². The highest BCUT2D eigenvalue weighted by Gasteiger charge is 2.43. The van der Waals surface area contributed by atoms with E-state index in [1.54, 1.807) is 42.6 Å². The number of aromatic hydroxyl groups is 1. The van der Waals surface area contributed by atoms with Crippen LogP contribution in [0.15, 0.2) is 85.1 Å². The van der Waals surface area contributed by atoms with Crippen LogP contribution in [0.2, 0.25) is 0 Å². The second kappa shape index (κ2) is 27.0. The Morgan fingerprint density at radius 1 is 0.770 bits per heavy atom. The third kappa shape index (κ3) is 16.4. The number of nitrogens with two attached hydrogens (primary N) is 3. The summed E-state index contributed by atoms with van der Waals surface area (Å²) >= 11 is 0. The van der Waals surface area contributed by atoms with Gasteiger partial charge in [-0.15, -0.1) is 0 Å². The maximum atomic E-state index is 14.8. The van der Waals surface area contributed by atoms with Crippen molar-refractivity contribution in [2.75, 3.05) is 12.3 Å². The molecule has 0 aliphatic carbocycles. The zero-order chi connectivity index (χ0) is 54.3. The Balaban J connectivity index is 1.62. The predicted molar refractivity (Wildman–Crippen MR) is 280 cm³/mol. The Hall–Kier alpha value is -6.70. The Morgan fingerprint density at radius 2 is 1.38 bits per heavy atom. The first-order chi connectivity index (χ1) is 35.1. The van der Waals surface area contributed by atoms with E-state index in [9.17, 15) is 53.7 Å². The molecule has 10 atom stereocenters. The number of aliphatic hydroxyl groups is 2. The highest BCUT2D eigenvalue weighted by Crippen LogP contribution is 2.39. The number of amides is 8. The standard InChI is InChI=1S/C50H67N11O11S2/c1-26(62)39(42(53)65)59-49(72)41-50(3,4)74-73-25-38(58-43(66)33(52)21-28-11-6-5-7-12-28)47(70)56-36(22-29-16-18-31(64)19-17-29)45(68)57-37(23-30-24-54-34-14-9-8-13-32(30)34)46(69)55-35(15-10-20-51)44(67)60-40(27(2)63)48(71)61-41/h5-9,11-14,16-19,24,26-27,33,35-41,54,62-64H,10,15,20-23,25,51-52H2,1-4H3,(H2,53,65)(H,55,69)(H,56,70)(H,57,68)(H,58,66)(H,59,72)(H,60,67)(H,61,71)/t26?,27?,33?,35-,36-,37?,38?,39?,40-,41+/m0/s1. The molecule has 1 aliphatic heterocycles. The van der Waals surface area contributed by atoms with Gasteiger partial charge < -0.3 is 74.7 Å². The smallest absolute Gasteiger partial charge is 0.245 e. The molecule has 0 bridgehead atoms. The van der Waals surface area contributed by atoms with Crippen LogP contribution >= 0.6 is 21.6 Å². The van der Waals surface area contributed by atoms with E-state index in [4.69, 9.17) is 17.2 Å². The SMILES string of the molecule is CC(O)C(NC(=O)[C@H]1NC(=O)[C@H](C(C)O)NC(=O)[C@H](CCCN)NC(=O)C(Cc2c[nH]c3ccccc23)NC(=O)[C@H](Cc2ccc(O)cc2)NC(=O)C(NC(=O)C(N)Cc2ccccc2)CSSC1(C)C)C(N)=O. The Morgan fingerprint density at radius 3 is 2.01 bits per heavy atom. The molecular formula is C50H67N11O11S2. The number of rotatable bonds is 16. The summed E-state index contributed by atoms with van der Waals surface area (Å²) in [4.78, 5) is 116. The van der Waals surface area contributed by atoms with Gasteiger partial charge in [0.15, 0.2) is 0 Å². The number of aromatic nitrogens is 1.